The fourth-order valence-corrected chi connectivity index (χ4v) is 9.83. The highest BCUT2D eigenvalue weighted by molar-refractivity contribution is 5.98. The van der Waals surface area contributed by atoms with Crippen LogP contribution in [-0.4, -0.2) is 36.4 Å². The van der Waals surface area contributed by atoms with Gasteiger partial charge in [0.1, 0.15) is 12.2 Å². The second-order valence-electron chi connectivity index (χ2n) is 14.9. The number of epoxide rings is 1. The molecule has 0 amide bonds. The normalized spacial score (nSPS) is 49.1. The minimum atomic E-state index is -1.38. The van der Waals surface area contributed by atoms with Crippen LogP contribution < -0.4 is 0 Å². The summed E-state index contributed by atoms with van der Waals surface area (Å²) in [4.78, 5) is 39.9. The molecular weight excluding hydrogens is 478 g/mol. The van der Waals surface area contributed by atoms with Crippen molar-refractivity contribution >= 4 is 17.5 Å². The predicted molar refractivity (Wildman–Crippen MR) is 143 cm³/mol. The summed E-state index contributed by atoms with van der Waals surface area (Å²) < 4.78 is 11.4. The molecule has 6 heteroatoms. The lowest BCUT2D eigenvalue weighted by Crippen LogP contribution is -2.60. The zero-order chi connectivity index (χ0) is 28.1. The number of nitrogens with zero attached hydrogens (tertiary/aromatic N) is 1. The fourth-order valence-electron chi connectivity index (χ4n) is 9.83. The maximum atomic E-state index is 13.4. The summed E-state index contributed by atoms with van der Waals surface area (Å²) in [7, 11) is 1.50. The van der Waals surface area contributed by atoms with Crippen LogP contribution in [0.1, 0.15) is 99.8 Å². The number of methoxy groups -OCH3 is 1. The molecule has 0 aromatic carbocycles. The zero-order valence-electron chi connectivity index (χ0n) is 24.5. The molecule has 9 atom stereocenters. The Morgan fingerprint density at radius 3 is 2.39 bits per heavy atom. The largest absolute Gasteiger partial charge is 0.469 e. The van der Waals surface area contributed by atoms with Crippen LogP contribution in [0.15, 0.2) is 11.6 Å². The van der Waals surface area contributed by atoms with Gasteiger partial charge >= 0.3 is 5.97 Å². The van der Waals surface area contributed by atoms with Crippen LogP contribution >= 0.6 is 0 Å². The first-order chi connectivity index (χ1) is 17.6. The lowest BCUT2D eigenvalue weighted by Gasteiger charge is -2.62. The Morgan fingerprint density at radius 2 is 1.79 bits per heavy atom. The van der Waals surface area contributed by atoms with Gasteiger partial charge in [0.05, 0.1) is 12.5 Å². The van der Waals surface area contributed by atoms with Gasteiger partial charge in [-0.15, -0.1) is 0 Å². The number of allylic oxidation sites excluding steroid dienone is 1. The van der Waals surface area contributed by atoms with Crippen LogP contribution in [0.3, 0.4) is 0 Å². The Bertz CT molecular complexity index is 1160. The number of hydrogen-bond donors (Lipinski definition) is 0. The van der Waals surface area contributed by atoms with E-state index in [1.54, 1.807) is 0 Å². The van der Waals surface area contributed by atoms with Crippen molar-refractivity contribution in [2.24, 2.45) is 44.8 Å². The van der Waals surface area contributed by atoms with Crippen molar-refractivity contribution in [3.05, 3.63) is 11.6 Å². The molecule has 208 valence electrons. The number of esters is 1. The lowest BCUT2D eigenvalue weighted by atomic mass is 9.40. The van der Waals surface area contributed by atoms with Crippen molar-refractivity contribution in [3.63, 3.8) is 0 Å². The molecule has 6 nitrogen and oxygen atoms in total. The third-order valence-corrected chi connectivity index (χ3v) is 12.6. The molecule has 1 unspecified atom stereocenters. The molecule has 3 saturated carbocycles. The summed E-state index contributed by atoms with van der Waals surface area (Å²) in [6.45, 7) is 15.3. The number of ketones is 2. The van der Waals surface area contributed by atoms with Gasteiger partial charge < -0.3 is 9.47 Å². The molecule has 0 spiro atoms. The molecule has 0 radical (unpaired) electrons. The van der Waals surface area contributed by atoms with Crippen molar-refractivity contribution in [2.75, 3.05) is 7.11 Å². The molecule has 1 saturated heterocycles. The minimum Gasteiger partial charge on any atom is -0.469 e. The van der Waals surface area contributed by atoms with Crippen LogP contribution in [0.2, 0.25) is 0 Å². The second-order valence-corrected chi connectivity index (χ2v) is 14.9. The number of ether oxygens (including phenoxy) is 2. The first-order valence-electron chi connectivity index (χ1n) is 14.5. The van der Waals surface area contributed by atoms with E-state index in [2.05, 4.69) is 47.6 Å². The highest BCUT2D eigenvalue weighted by atomic mass is 16.6. The third kappa shape index (κ3) is 3.36. The molecule has 5 rings (SSSR count). The van der Waals surface area contributed by atoms with Gasteiger partial charge in [0, 0.05) is 17.8 Å². The smallest absolute Gasteiger partial charge is 0.312 e. The molecule has 1 aliphatic heterocycles. The van der Waals surface area contributed by atoms with Gasteiger partial charge in [-0.25, -0.2) is 0 Å². The molecule has 1 heterocycles. The Kier molecular flexibility index (Phi) is 5.99. The maximum absolute atomic E-state index is 13.4. The lowest BCUT2D eigenvalue weighted by molar-refractivity contribution is -0.163. The van der Waals surface area contributed by atoms with Gasteiger partial charge in [0.25, 0.3) is 0 Å². The van der Waals surface area contributed by atoms with E-state index < -0.39 is 22.5 Å². The van der Waals surface area contributed by atoms with Gasteiger partial charge in [-0.3, -0.25) is 14.4 Å². The number of rotatable bonds is 4. The van der Waals surface area contributed by atoms with Crippen LogP contribution in [0.5, 0.6) is 0 Å². The quantitative estimate of drug-likeness (QED) is 0.332. The Hall–Kier alpha value is -2.00. The van der Waals surface area contributed by atoms with Crippen LogP contribution in [0, 0.1) is 56.2 Å². The van der Waals surface area contributed by atoms with E-state index in [4.69, 9.17) is 9.47 Å². The summed E-state index contributed by atoms with van der Waals surface area (Å²) in [5, 5.41) is 9.97. The van der Waals surface area contributed by atoms with Crippen LogP contribution in [0.25, 0.3) is 0 Å². The van der Waals surface area contributed by atoms with Crippen LogP contribution in [0.4, 0.5) is 0 Å². The van der Waals surface area contributed by atoms with E-state index in [0.29, 0.717) is 12.8 Å². The molecule has 4 aliphatic carbocycles. The average molecular weight is 524 g/mol. The van der Waals surface area contributed by atoms with E-state index in [9.17, 15) is 19.6 Å². The summed E-state index contributed by atoms with van der Waals surface area (Å²) in [5.74, 6) is -0.177. The zero-order valence-corrected chi connectivity index (χ0v) is 24.5. The average Bonchev–Trinajstić information content (AvgIpc) is 3.61. The van der Waals surface area contributed by atoms with E-state index in [-0.39, 0.29) is 51.5 Å². The van der Waals surface area contributed by atoms with Crippen molar-refractivity contribution < 1.29 is 23.9 Å². The van der Waals surface area contributed by atoms with Gasteiger partial charge in [-0.2, -0.15) is 5.26 Å². The Morgan fingerprint density at radius 1 is 1.11 bits per heavy atom. The summed E-state index contributed by atoms with van der Waals surface area (Å²) >= 11 is 0. The SMILES string of the molecule is COC(=O)[C@]1(CC[C@]2(C)CC(=O)C=C3[C@@]4(C)[C@H]5O[C@@]5(C#N)C(=O)[C@@H](C)[C@@H]4CC[C@]32C)CCC(C)(C)CC1C. The second kappa shape index (κ2) is 8.26. The number of Topliss-reactive ketones (excluding diaryl/α,β-unsaturated/α-hetero) is 1. The van der Waals surface area contributed by atoms with E-state index in [1.165, 1.54) is 7.11 Å². The van der Waals surface area contributed by atoms with Crippen molar-refractivity contribution in [2.45, 2.75) is 112 Å². The highest BCUT2D eigenvalue weighted by Gasteiger charge is 2.79. The summed E-state index contributed by atoms with van der Waals surface area (Å²) in [6.07, 6.45) is 7.70. The topological polar surface area (TPSA) is 96.8 Å². The standard InChI is InChI=1S/C32H45NO5/c1-19-16-27(3,4)11-13-31(19,26(36)37-8)14-12-28(5)17-21(34)15-23-29(28,6)10-9-22-20(2)24(35)32(18-33)25(38-32)30(22,23)7/h15,19-20,22,25H,9-14,16-17H2,1-8H3/t19?,20-,22-,25+,28+,29+,30-,31-,32-/m0/s1. The summed E-state index contributed by atoms with van der Waals surface area (Å²) in [6, 6.07) is 2.20. The van der Waals surface area contributed by atoms with Gasteiger partial charge in [0.2, 0.25) is 5.60 Å². The minimum absolute atomic E-state index is 0.0421. The van der Waals surface area contributed by atoms with Crippen molar-refractivity contribution in [1.29, 1.82) is 5.26 Å². The predicted octanol–water partition coefficient (Wildman–Crippen LogP) is 5.98. The molecular formula is C32H45NO5. The first kappa shape index (κ1) is 27.6. The highest BCUT2D eigenvalue weighted by Crippen LogP contribution is 2.73. The van der Waals surface area contributed by atoms with Gasteiger partial charge in [0.15, 0.2) is 11.6 Å². The maximum Gasteiger partial charge on any atom is 0.312 e. The van der Waals surface area contributed by atoms with Crippen molar-refractivity contribution in [3.8, 4) is 6.07 Å². The molecule has 0 bridgehead atoms. The number of fused-ring (bicyclic) bond motifs is 5. The molecule has 4 fully saturated rings. The number of hydrogen-bond acceptors (Lipinski definition) is 6. The van der Waals surface area contributed by atoms with E-state index in [1.807, 2.05) is 13.0 Å². The van der Waals surface area contributed by atoms with Gasteiger partial charge in [-0.05, 0) is 79.1 Å². The number of nitriles is 1. The molecule has 5 aliphatic rings. The Labute approximate surface area is 227 Å². The first-order valence-corrected chi connectivity index (χ1v) is 14.5. The monoisotopic (exact) mass is 523 g/mol. The Balaban J connectivity index is 1.51. The third-order valence-electron chi connectivity index (χ3n) is 12.6. The fraction of sp³-hybridized carbons (Fsp3) is 0.812. The summed E-state index contributed by atoms with van der Waals surface area (Å²) in [5.41, 5.74) is -1.86. The van der Waals surface area contributed by atoms with Gasteiger partial charge in [-0.1, -0.05) is 54.0 Å². The van der Waals surface area contributed by atoms with E-state index in [0.717, 1.165) is 44.1 Å². The van der Waals surface area contributed by atoms with Crippen molar-refractivity contribution in [1.82, 2.24) is 0 Å². The number of carbonyl (C=O) groups is 3. The number of carbonyl (C=O) groups excluding carboxylic acids is 3. The molecule has 0 aromatic heterocycles. The van der Waals surface area contributed by atoms with Crippen LogP contribution in [-0.2, 0) is 23.9 Å². The molecule has 38 heavy (non-hydrogen) atoms. The molecule has 0 N–H and O–H groups in total. The van der Waals surface area contributed by atoms with E-state index >= 15 is 0 Å². The molecule has 0 aromatic rings.